The summed E-state index contributed by atoms with van der Waals surface area (Å²) in [5.41, 5.74) is 0.385. The van der Waals surface area contributed by atoms with E-state index in [1.807, 2.05) is 49.4 Å². The van der Waals surface area contributed by atoms with Crippen LogP contribution in [-0.4, -0.2) is 34.8 Å². The smallest absolute Gasteiger partial charge is 0.325 e. The molecule has 6 heteroatoms. The Morgan fingerprint density at radius 1 is 1.15 bits per heavy atom. The molecule has 1 unspecified atom stereocenters. The monoisotopic (exact) mass is 449 g/mol. The highest BCUT2D eigenvalue weighted by Gasteiger charge is 2.53. The van der Waals surface area contributed by atoms with Gasteiger partial charge in [-0.15, -0.1) is 0 Å². The Bertz CT molecular complexity index is 1060. The number of fused-ring (bicyclic) bond motifs is 1. The summed E-state index contributed by atoms with van der Waals surface area (Å²) in [5.74, 6) is -0.0540. The molecule has 1 saturated carbocycles. The van der Waals surface area contributed by atoms with E-state index in [0.717, 1.165) is 40.5 Å². The van der Waals surface area contributed by atoms with Gasteiger partial charge in [-0.1, -0.05) is 69.7 Å². The minimum absolute atomic E-state index is 0.227. The van der Waals surface area contributed by atoms with Crippen molar-refractivity contribution in [3.05, 3.63) is 48.0 Å². The van der Waals surface area contributed by atoms with Crippen molar-refractivity contribution < 1.29 is 14.4 Å². The third kappa shape index (κ3) is 4.35. The van der Waals surface area contributed by atoms with Gasteiger partial charge in [0, 0.05) is 0 Å². The zero-order valence-electron chi connectivity index (χ0n) is 20.1. The van der Waals surface area contributed by atoms with Crippen LogP contribution in [0.25, 0.3) is 10.8 Å². The molecule has 0 radical (unpaired) electrons. The van der Waals surface area contributed by atoms with Crippen LogP contribution in [0.5, 0.6) is 0 Å². The van der Waals surface area contributed by atoms with Crippen LogP contribution < -0.4 is 10.6 Å². The average molecular weight is 450 g/mol. The minimum Gasteiger partial charge on any atom is -0.348 e. The van der Waals surface area contributed by atoms with E-state index in [4.69, 9.17) is 0 Å². The first-order valence-electron chi connectivity index (χ1n) is 12.1. The van der Waals surface area contributed by atoms with Crippen LogP contribution in [0.1, 0.15) is 71.4 Å². The third-order valence-electron chi connectivity index (χ3n) is 8.07. The van der Waals surface area contributed by atoms with Crippen molar-refractivity contribution >= 4 is 28.6 Å². The number of amides is 4. The third-order valence-corrected chi connectivity index (χ3v) is 8.07. The Morgan fingerprint density at radius 2 is 1.82 bits per heavy atom. The average Bonchev–Trinajstić information content (AvgIpc) is 3.02. The zero-order chi connectivity index (χ0) is 23.8. The van der Waals surface area contributed by atoms with Crippen molar-refractivity contribution in [3.8, 4) is 0 Å². The molecule has 6 nitrogen and oxygen atoms in total. The van der Waals surface area contributed by atoms with Gasteiger partial charge in [-0.25, -0.2) is 4.79 Å². The van der Waals surface area contributed by atoms with Crippen molar-refractivity contribution in [1.29, 1.82) is 0 Å². The van der Waals surface area contributed by atoms with E-state index in [9.17, 15) is 14.4 Å². The Kier molecular flexibility index (Phi) is 6.21. The molecule has 0 aromatic heterocycles. The summed E-state index contributed by atoms with van der Waals surface area (Å²) in [4.78, 5) is 39.8. The van der Waals surface area contributed by atoms with Gasteiger partial charge in [0.25, 0.3) is 5.91 Å². The molecule has 1 aliphatic heterocycles. The number of benzene rings is 2. The first kappa shape index (κ1) is 23.3. The number of nitrogens with zero attached hydrogens (tertiary/aromatic N) is 1. The largest absolute Gasteiger partial charge is 0.348 e. The molecule has 2 N–H and O–H groups in total. The molecule has 1 heterocycles. The molecular formula is C27H35N3O3. The normalized spacial score (nSPS) is 24.2. The first-order valence-corrected chi connectivity index (χ1v) is 12.1. The van der Waals surface area contributed by atoms with Gasteiger partial charge in [0.1, 0.15) is 12.1 Å². The van der Waals surface area contributed by atoms with Crippen LogP contribution in [0.15, 0.2) is 42.5 Å². The zero-order valence-corrected chi connectivity index (χ0v) is 20.1. The Labute approximate surface area is 196 Å². The van der Waals surface area contributed by atoms with E-state index in [0.29, 0.717) is 18.8 Å². The van der Waals surface area contributed by atoms with Crippen LogP contribution in [0.2, 0.25) is 0 Å². The number of rotatable bonds is 6. The molecule has 1 saturated heterocycles. The van der Waals surface area contributed by atoms with E-state index >= 15 is 0 Å². The fraction of sp³-hybridized carbons (Fsp3) is 0.519. The highest BCUT2D eigenvalue weighted by Crippen LogP contribution is 2.45. The summed E-state index contributed by atoms with van der Waals surface area (Å²) in [7, 11) is 0. The van der Waals surface area contributed by atoms with Gasteiger partial charge in [0.15, 0.2) is 0 Å². The molecule has 2 fully saturated rings. The number of urea groups is 1. The van der Waals surface area contributed by atoms with Gasteiger partial charge in [0.05, 0.1) is 6.04 Å². The molecule has 1 atom stereocenters. The molecule has 4 rings (SSSR count). The molecule has 0 bridgehead atoms. The van der Waals surface area contributed by atoms with Crippen molar-refractivity contribution in [2.45, 2.75) is 71.4 Å². The summed E-state index contributed by atoms with van der Waals surface area (Å²) >= 11 is 0. The molecule has 33 heavy (non-hydrogen) atoms. The SMILES string of the molecule is CCC(C)(C)C1CCC2(CC1)NC(=O)N(CC(=O)NC(C)c1cccc3ccccc13)C2=O. The Balaban J connectivity index is 1.40. The summed E-state index contributed by atoms with van der Waals surface area (Å²) in [6.45, 7) is 8.42. The maximum Gasteiger partial charge on any atom is 0.325 e. The predicted molar refractivity (Wildman–Crippen MR) is 130 cm³/mol. The highest BCUT2D eigenvalue weighted by atomic mass is 16.2. The second-order valence-electron chi connectivity index (χ2n) is 10.4. The van der Waals surface area contributed by atoms with E-state index in [1.165, 1.54) is 0 Å². The lowest BCUT2D eigenvalue weighted by Gasteiger charge is -2.42. The lowest BCUT2D eigenvalue weighted by molar-refractivity contribution is -0.136. The molecular weight excluding hydrogens is 414 g/mol. The Morgan fingerprint density at radius 3 is 2.52 bits per heavy atom. The van der Waals surface area contributed by atoms with Gasteiger partial charge in [0.2, 0.25) is 5.91 Å². The lowest BCUT2D eigenvalue weighted by atomic mass is 9.65. The molecule has 1 spiro atoms. The molecule has 2 aromatic rings. The number of carbonyl (C=O) groups is 3. The van der Waals surface area contributed by atoms with Gasteiger partial charge < -0.3 is 10.6 Å². The lowest BCUT2D eigenvalue weighted by Crippen LogP contribution is -2.51. The van der Waals surface area contributed by atoms with Crippen LogP contribution in [0, 0.1) is 11.3 Å². The van der Waals surface area contributed by atoms with Crippen LogP contribution >= 0.6 is 0 Å². The summed E-state index contributed by atoms with van der Waals surface area (Å²) < 4.78 is 0. The Hall–Kier alpha value is -2.89. The van der Waals surface area contributed by atoms with E-state index in [2.05, 4.69) is 31.4 Å². The first-order chi connectivity index (χ1) is 15.7. The van der Waals surface area contributed by atoms with Gasteiger partial charge in [-0.3, -0.25) is 14.5 Å². The van der Waals surface area contributed by atoms with E-state index < -0.39 is 11.6 Å². The summed E-state index contributed by atoms with van der Waals surface area (Å²) in [6, 6.07) is 13.3. The topological polar surface area (TPSA) is 78.5 Å². The van der Waals surface area contributed by atoms with E-state index in [1.54, 1.807) is 0 Å². The number of nitrogens with one attached hydrogen (secondary N) is 2. The van der Waals surface area contributed by atoms with Crippen LogP contribution in [-0.2, 0) is 9.59 Å². The maximum absolute atomic E-state index is 13.2. The second kappa shape index (κ2) is 8.81. The summed E-state index contributed by atoms with van der Waals surface area (Å²) in [6.07, 6.45) is 4.18. The maximum atomic E-state index is 13.2. The number of hydrogen-bond acceptors (Lipinski definition) is 3. The molecule has 2 aromatic carbocycles. The fourth-order valence-electron chi connectivity index (χ4n) is 5.48. The van der Waals surface area contributed by atoms with Crippen LogP contribution in [0.3, 0.4) is 0 Å². The summed E-state index contributed by atoms with van der Waals surface area (Å²) in [5, 5.41) is 8.08. The predicted octanol–water partition coefficient (Wildman–Crippen LogP) is 4.93. The quantitative estimate of drug-likeness (QED) is 0.614. The van der Waals surface area contributed by atoms with Crippen molar-refractivity contribution in [1.82, 2.24) is 15.5 Å². The van der Waals surface area contributed by atoms with Crippen molar-refractivity contribution in [3.63, 3.8) is 0 Å². The van der Waals surface area contributed by atoms with Crippen molar-refractivity contribution in [2.24, 2.45) is 11.3 Å². The number of imide groups is 1. The molecule has 1 aliphatic carbocycles. The minimum atomic E-state index is -0.848. The highest BCUT2D eigenvalue weighted by molar-refractivity contribution is 6.09. The van der Waals surface area contributed by atoms with Gasteiger partial charge >= 0.3 is 6.03 Å². The number of carbonyl (C=O) groups excluding carboxylic acids is 3. The number of hydrogen-bond donors (Lipinski definition) is 2. The molecule has 4 amide bonds. The fourth-order valence-corrected chi connectivity index (χ4v) is 5.48. The standard InChI is InChI=1S/C27H35N3O3/c1-5-26(3,4)20-13-15-27(16-14-20)24(32)30(25(33)29-27)17-23(31)28-18(2)21-12-8-10-19-9-6-7-11-22(19)21/h6-12,18,20H,5,13-17H2,1-4H3,(H,28,31)(H,29,33). The van der Waals surface area contributed by atoms with Crippen LogP contribution in [0.4, 0.5) is 4.79 Å². The second-order valence-corrected chi connectivity index (χ2v) is 10.4. The van der Waals surface area contributed by atoms with E-state index in [-0.39, 0.29) is 29.8 Å². The van der Waals surface area contributed by atoms with Crippen molar-refractivity contribution in [2.75, 3.05) is 6.54 Å². The molecule has 2 aliphatic rings. The van der Waals surface area contributed by atoms with Gasteiger partial charge in [-0.05, 0) is 60.3 Å². The van der Waals surface area contributed by atoms with Gasteiger partial charge in [-0.2, -0.15) is 0 Å². The molecule has 176 valence electrons.